The van der Waals surface area contributed by atoms with Gasteiger partial charge in [-0.2, -0.15) is 5.10 Å². The maximum Gasteiger partial charge on any atom is 0.273 e. The molecule has 1 aromatic carbocycles. The third-order valence-electron chi connectivity index (χ3n) is 3.78. The standard InChI is InChI=1S/C18H20N4O3/c1-13-9-20-22(10-13)11-16-8-17(21-25-16)18(24)19-7-6-14-2-4-15(12-23)5-3-14/h2-5,8-10,23H,6-7,11-12H2,1H3,(H,19,24). The van der Waals surface area contributed by atoms with Crippen LogP contribution < -0.4 is 5.32 Å². The summed E-state index contributed by atoms with van der Waals surface area (Å²) in [5.41, 5.74) is 3.28. The minimum atomic E-state index is -0.265. The van der Waals surface area contributed by atoms with Crippen LogP contribution in [0, 0.1) is 6.92 Å². The van der Waals surface area contributed by atoms with Gasteiger partial charge in [0.1, 0.15) is 6.54 Å². The van der Waals surface area contributed by atoms with E-state index in [1.54, 1.807) is 16.9 Å². The van der Waals surface area contributed by atoms with Gasteiger partial charge in [0.2, 0.25) is 0 Å². The highest BCUT2D eigenvalue weighted by molar-refractivity contribution is 5.92. The number of hydrogen-bond acceptors (Lipinski definition) is 5. The second kappa shape index (κ2) is 7.76. The lowest BCUT2D eigenvalue weighted by molar-refractivity contribution is 0.0945. The summed E-state index contributed by atoms with van der Waals surface area (Å²) in [6, 6.07) is 9.26. The van der Waals surface area contributed by atoms with Crippen LogP contribution in [0.4, 0.5) is 0 Å². The Bertz CT molecular complexity index is 836. The number of hydrogen-bond donors (Lipinski definition) is 2. The van der Waals surface area contributed by atoms with Gasteiger partial charge in [-0.3, -0.25) is 9.48 Å². The first-order valence-electron chi connectivity index (χ1n) is 8.05. The van der Waals surface area contributed by atoms with Crippen LogP contribution in [0.1, 0.15) is 32.9 Å². The van der Waals surface area contributed by atoms with Gasteiger partial charge in [0.15, 0.2) is 11.5 Å². The Kier molecular flexibility index (Phi) is 5.25. The molecule has 2 heterocycles. The zero-order chi connectivity index (χ0) is 17.6. The molecule has 0 spiro atoms. The van der Waals surface area contributed by atoms with Crippen molar-refractivity contribution in [3.05, 3.63) is 70.9 Å². The maximum atomic E-state index is 12.1. The molecule has 25 heavy (non-hydrogen) atoms. The van der Waals surface area contributed by atoms with Crippen molar-refractivity contribution < 1.29 is 14.4 Å². The molecule has 2 aromatic heterocycles. The molecule has 3 aromatic rings. The molecule has 0 fully saturated rings. The van der Waals surface area contributed by atoms with Gasteiger partial charge in [0, 0.05) is 18.8 Å². The lowest BCUT2D eigenvalue weighted by atomic mass is 10.1. The minimum Gasteiger partial charge on any atom is -0.392 e. The van der Waals surface area contributed by atoms with Crippen molar-refractivity contribution in [1.29, 1.82) is 0 Å². The molecule has 0 aliphatic rings. The van der Waals surface area contributed by atoms with E-state index in [4.69, 9.17) is 9.63 Å². The van der Waals surface area contributed by atoms with E-state index in [0.717, 1.165) is 16.7 Å². The molecule has 0 saturated heterocycles. The summed E-state index contributed by atoms with van der Waals surface area (Å²) in [6.45, 7) is 2.92. The van der Waals surface area contributed by atoms with Crippen molar-refractivity contribution in [3.63, 3.8) is 0 Å². The van der Waals surface area contributed by atoms with Gasteiger partial charge >= 0.3 is 0 Å². The number of aliphatic hydroxyl groups excluding tert-OH is 1. The number of aromatic nitrogens is 3. The van der Waals surface area contributed by atoms with E-state index in [-0.39, 0.29) is 18.2 Å². The molecule has 2 N–H and O–H groups in total. The van der Waals surface area contributed by atoms with Crippen molar-refractivity contribution in [1.82, 2.24) is 20.3 Å². The Morgan fingerprint density at radius 1 is 1.28 bits per heavy atom. The van der Waals surface area contributed by atoms with E-state index in [9.17, 15) is 4.79 Å². The SMILES string of the molecule is Cc1cnn(Cc2cc(C(=O)NCCc3ccc(CO)cc3)no2)c1. The van der Waals surface area contributed by atoms with Crippen molar-refractivity contribution >= 4 is 5.91 Å². The Labute approximate surface area is 145 Å². The quantitative estimate of drug-likeness (QED) is 0.683. The van der Waals surface area contributed by atoms with E-state index >= 15 is 0 Å². The second-order valence-electron chi connectivity index (χ2n) is 5.87. The number of carbonyl (C=O) groups excluding carboxylic acids is 1. The van der Waals surface area contributed by atoms with E-state index in [1.807, 2.05) is 37.4 Å². The third kappa shape index (κ3) is 4.54. The Morgan fingerprint density at radius 3 is 2.72 bits per heavy atom. The van der Waals surface area contributed by atoms with Crippen molar-refractivity contribution in [2.75, 3.05) is 6.54 Å². The monoisotopic (exact) mass is 340 g/mol. The largest absolute Gasteiger partial charge is 0.392 e. The zero-order valence-corrected chi connectivity index (χ0v) is 14.0. The van der Waals surface area contributed by atoms with Crippen LogP contribution in [0.25, 0.3) is 0 Å². The van der Waals surface area contributed by atoms with Crippen molar-refractivity contribution in [2.45, 2.75) is 26.5 Å². The highest BCUT2D eigenvalue weighted by atomic mass is 16.5. The van der Waals surface area contributed by atoms with Crippen LogP contribution in [0.15, 0.2) is 47.2 Å². The van der Waals surface area contributed by atoms with Crippen molar-refractivity contribution in [2.24, 2.45) is 0 Å². The fourth-order valence-electron chi connectivity index (χ4n) is 2.43. The van der Waals surface area contributed by atoms with Crippen LogP contribution >= 0.6 is 0 Å². The van der Waals surface area contributed by atoms with Crippen LogP contribution in [-0.4, -0.2) is 32.5 Å². The summed E-state index contributed by atoms with van der Waals surface area (Å²) < 4.78 is 6.92. The number of nitrogens with zero attached hydrogens (tertiary/aromatic N) is 3. The Morgan fingerprint density at radius 2 is 2.04 bits per heavy atom. The molecule has 0 radical (unpaired) electrons. The summed E-state index contributed by atoms with van der Waals surface area (Å²) in [6.07, 6.45) is 4.36. The van der Waals surface area contributed by atoms with Gasteiger partial charge in [0.05, 0.1) is 12.8 Å². The summed E-state index contributed by atoms with van der Waals surface area (Å²) in [5.74, 6) is 0.312. The fourth-order valence-corrected chi connectivity index (χ4v) is 2.43. The first kappa shape index (κ1) is 16.9. The normalized spacial score (nSPS) is 10.8. The highest BCUT2D eigenvalue weighted by Gasteiger charge is 2.12. The van der Waals surface area contributed by atoms with Gasteiger partial charge in [-0.05, 0) is 30.0 Å². The molecule has 1 amide bonds. The number of aryl methyl sites for hydroxylation is 1. The predicted molar refractivity (Wildman–Crippen MR) is 91.0 cm³/mol. The van der Waals surface area contributed by atoms with Crippen LogP contribution in [0.3, 0.4) is 0 Å². The molecule has 7 nitrogen and oxygen atoms in total. The van der Waals surface area contributed by atoms with Crippen LogP contribution in [0.2, 0.25) is 0 Å². The molecule has 0 saturated carbocycles. The molecule has 3 rings (SSSR count). The van der Waals surface area contributed by atoms with Gasteiger partial charge in [0.25, 0.3) is 5.91 Å². The summed E-state index contributed by atoms with van der Waals surface area (Å²) in [5, 5.41) is 19.8. The Hall–Kier alpha value is -2.93. The summed E-state index contributed by atoms with van der Waals surface area (Å²) in [7, 11) is 0. The average molecular weight is 340 g/mol. The van der Waals surface area contributed by atoms with E-state index < -0.39 is 0 Å². The number of benzene rings is 1. The third-order valence-corrected chi connectivity index (χ3v) is 3.78. The highest BCUT2D eigenvalue weighted by Crippen LogP contribution is 2.07. The zero-order valence-electron chi connectivity index (χ0n) is 14.0. The topological polar surface area (TPSA) is 93.2 Å². The minimum absolute atomic E-state index is 0.0314. The van der Waals surface area contributed by atoms with Gasteiger partial charge in [-0.25, -0.2) is 0 Å². The van der Waals surface area contributed by atoms with Gasteiger partial charge < -0.3 is 14.9 Å². The second-order valence-corrected chi connectivity index (χ2v) is 5.87. The molecule has 0 bridgehead atoms. The predicted octanol–water partition coefficient (Wildman–Crippen LogP) is 1.69. The molecule has 0 aliphatic carbocycles. The van der Waals surface area contributed by atoms with Gasteiger partial charge in [-0.1, -0.05) is 29.4 Å². The number of aliphatic hydroxyl groups is 1. The average Bonchev–Trinajstić information content (AvgIpc) is 3.25. The number of rotatable bonds is 7. The number of carbonyl (C=O) groups is 1. The lowest BCUT2D eigenvalue weighted by Gasteiger charge is -2.04. The van der Waals surface area contributed by atoms with E-state index in [2.05, 4.69) is 15.6 Å². The molecular weight excluding hydrogens is 320 g/mol. The smallest absolute Gasteiger partial charge is 0.273 e. The summed E-state index contributed by atoms with van der Waals surface area (Å²) >= 11 is 0. The van der Waals surface area contributed by atoms with Crippen LogP contribution in [0.5, 0.6) is 0 Å². The van der Waals surface area contributed by atoms with Gasteiger partial charge in [-0.15, -0.1) is 0 Å². The molecule has 0 atom stereocenters. The molecule has 0 aliphatic heterocycles. The maximum absolute atomic E-state index is 12.1. The lowest BCUT2D eigenvalue weighted by Crippen LogP contribution is -2.25. The van der Waals surface area contributed by atoms with Crippen molar-refractivity contribution in [3.8, 4) is 0 Å². The molecule has 7 heteroatoms. The number of nitrogens with one attached hydrogen (secondary N) is 1. The first-order chi connectivity index (χ1) is 12.1. The molecular formula is C18H20N4O3. The Balaban J connectivity index is 1.49. The summed E-state index contributed by atoms with van der Waals surface area (Å²) in [4.78, 5) is 12.1. The molecule has 130 valence electrons. The van der Waals surface area contributed by atoms with E-state index in [0.29, 0.717) is 25.3 Å². The van der Waals surface area contributed by atoms with E-state index in [1.165, 1.54) is 0 Å². The molecule has 0 unspecified atom stereocenters. The fraction of sp³-hybridized carbons (Fsp3) is 0.278. The number of amides is 1. The van der Waals surface area contributed by atoms with Crippen LogP contribution in [-0.2, 0) is 19.6 Å². The first-order valence-corrected chi connectivity index (χ1v) is 8.05.